The molecule has 4 heterocycles. The van der Waals surface area contributed by atoms with Crippen molar-refractivity contribution in [3.8, 4) is 17.3 Å². The molecule has 1 saturated heterocycles. The molecule has 0 saturated carbocycles. The van der Waals surface area contributed by atoms with E-state index in [1.54, 1.807) is 30.7 Å². The van der Waals surface area contributed by atoms with E-state index in [4.69, 9.17) is 13.9 Å². The van der Waals surface area contributed by atoms with Crippen molar-refractivity contribution in [1.29, 1.82) is 0 Å². The third kappa shape index (κ3) is 3.70. The molecule has 3 aromatic heterocycles. The van der Waals surface area contributed by atoms with Gasteiger partial charge in [-0.15, -0.1) is 11.3 Å². The van der Waals surface area contributed by atoms with Gasteiger partial charge in [-0.3, -0.25) is 10.1 Å². The zero-order chi connectivity index (χ0) is 17.1. The van der Waals surface area contributed by atoms with E-state index >= 15 is 0 Å². The van der Waals surface area contributed by atoms with Gasteiger partial charge in [-0.2, -0.15) is 0 Å². The van der Waals surface area contributed by atoms with Crippen molar-refractivity contribution in [2.75, 3.05) is 18.5 Å². The Morgan fingerprint density at radius 3 is 3.16 bits per heavy atom. The molecule has 25 heavy (non-hydrogen) atoms. The molecule has 1 aliphatic heterocycles. The molecule has 1 atom stereocenters. The number of rotatable bonds is 5. The summed E-state index contributed by atoms with van der Waals surface area (Å²) in [6, 6.07) is 6.86. The van der Waals surface area contributed by atoms with E-state index in [1.807, 2.05) is 11.4 Å². The molecule has 0 unspecified atom stereocenters. The van der Waals surface area contributed by atoms with Gasteiger partial charge in [-0.1, -0.05) is 0 Å². The van der Waals surface area contributed by atoms with Crippen molar-refractivity contribution in [3.63, 3.8) is 0 Å². The highest BCUT2D eigenvalue weighted by molar-refractivity contribution is 7.14. The van der Waals surface area contributed by atoms with Gasteiger partial charge in [0.2, 0.25) is 5.88 Å². The number of ether oxygens (including phenoxy) is 2. The highest BCUT2D eigenvalue weighted by Gasteiger charge is 2.18. The molecule has 0 aliphatic carbocycles. The summed E-state index contributed by atoms with van der Waals surface area (Å²) in [5.74, 6) is 0.809. The van der Waals surface area contributed by atoms with Gasteiger partial charge in [0.1, 0.15) is 11.8 Å². The monoisotopic (exact) mass is 357 g/mol. The maximum Gasteiger partial charge on any atom is 0.257 e. The van der Waals surface area contributed by atoms with E-state index in [1.165, 1.54) is 11.3 Å². The average Bonchev–Trinajstić information content (AvgIpc) is 3.37. The van der Waals surface area contributed by atoms with E-state index < -0.39 is 0 Å². The summed E-state index contributed by atoms with van der Waals surface area (Å²) < 4.78 is 16.3. The van der Waals surface area contributed by atoms with Gasteiger partial charge in [0, 0.05) is 29.6 Å². The predicted octanol–water partition coefficient (Wildman–Crippen LogP) is 3.22. The number of nitrogens with one attached hydrogen (secondary N) is 1. The number of nitrogens with zero attached hydrogens (tertiary/aromatic N) is 2. The maximum absolute atomic E-state index is 12.4. The molecule has 7 nitrogen and oxygen atoms in total. The molecule has 1 aliphatic rings. The third-order valence-corrected chi connectivity index (χ3v) is 4.43. The van der Waals surface area contributed by atoms with Crippen LogP contribution >= 0.6 is 11.3 Å². The van der Waals surface area contributed by atoms with E-state index in [2.05, 4.69) is 15.3 Å². The lowest BCUT2D eigenvalue weighted by Crippen LogP contribution is -2.17. The smallest absolute Gasteiger partial charge is 0.257 e. The van der Waals surface area contributed by atoms with Gasteiger partial charge in [0.15, 0.2) is 10.9 Å². The maximum atomic E-state index is 12.4. The van der Waals surface area contributed by atoms with Gasteiger partial charge in [0.25, 0.3) is 5.91 Å². The van der Waals surface area contributed by atoms with Crippen LogP contribution in [0.4, 0.5) is 5.13 Å². The molecule has 0 spiro atoms. The van der Waals surface area contributed by atoms with E-state index in [0.717, 1.165) is 6.42 Å². The predicted molar refractivity (Wildman–Crippen MR) is 91.9 cm³/mol. The Kier molecular flexibility index (Phi) is 4.45. The molecule has 0 bridgehead atoms. The van der Waals surface area contributed by atoms with Gasteiger partial charge in [-0.25, -0.2) is 9.97 Å². The number of hydrogen-bond donors (Lipinski definition) is 1. The quantitative estimate of drug-likeness (QED) is 0.754. The second-order valence-electron chi connectivity index (χ2n) is 5.46. The highest BCUT2D eigenvalue weighted by atomic mass is 32.1. The fourth-order valence-corrected chi connectivity index (χ4v) is 3.12. The average molecular weight is 357 g/mol. The van der Waals surface area contributed by atoms with Crippen LogP contribution in [0.1, 0.15) is 16.8 Å². The molecule has 1 fully saturated rings. The summed E-state index contributed by atoms with van der Waals surface area (Å²) in [4.78, 5) is 20.9. The third-order valence-electron chi connectivity index (χ3n) is 3.67. The summed E-state index contributed by atoms with van der Waals surface area (Å²) in [6.07, 6.45) is 3.95. The van der Waals surface area contributed by atoms with Crippen LogP contribution in [0.25, 0.3) is 11.5 Å². The molecule has 3 aromatic rings. The highest BCUT2D eigenvalue weighted by Crippen LogP contribution is 2.25. The molecule has 4 rings (SSSR count). The summed E-state index contributed by atoms with van der Waals surface area (Å²) in [5.41, 5.74) is 1.14. The van der Waals surface area contributed by atoms with Crippen LogP contribution in [0.2, 0.25) is 0 Å². The number of furan rings is 1. The van der Waals surface area contributed by atoms with Gasteiger partial charge < -0.3 is 13.9 Å². The first-order valence-electron chi connectivity index (χ1n) is 7.79. The minimum atomic E-state index is -0.268. The van der Waals surface area contributed by atoms with Gasteiger partial charge in [0.05, 0.1) is 19.5 Å². The lowest BCUT2D eigenvalue weighted by atomic mass is 10.2. The molecule has 1 N–H and O–H groups in total. The lowest BCUT2D eigenvalue weighted by Gasteiger charge is -2.11. The molecule has 128 valence electrons. The Bertz CT molecular complexity index is 856. The van der Waals surface area contributed by atoms with Crippen LogP contribution in [0.3, 0.4) is 0 Å². The Hall–Kier alpha value is -2.71. The standard InChI is InChI=1S/C17H15N3O4S/c21-16(20-17-19-13(10-25-17)14-2-1-6-23-14)11-3-5-18-15(8-11)24-12-4-7-22-9-12/h1-3,5-6,8,10,12H,4,7,9H2,(H,19,20,21)/t12-/m0/s1. The van der Waals surface area contributed by atoms with Crippen LogP contribution < -0.4 is 10.1 Å². The van der Waals surface area contributed by atoms with Crippen molar-refractivity contribution in [2.24, 2.45) is 0 Å². The van der Waals surface area contributed by atoms with Crippen LogP contribution in [-0.2, 0) is 4.74 Å². The lowest BCUT2D eigenvalue weighted by molar-refractivity contribution is 0.102. The Morgan fingerprint density at radius 1 is 1.40 bits per heavy atom. The Balaban J connectivity index is 1.44. The molecule has 1 amide bonds. The fraction of sp³-hybridized carbons (Fsp3) is 0.235. The topological polar surface area (TPSA) is 86.5 Å². The van der Waals surface area contributed by atoms with Gasteiger partial charge in [-0.05, 0) is 18.2 Å². The molecular formula is C17H15N3O4S. The van der Waals surface area contributed by atoms with E-state index in [0.29, 0.717) is 41.2 Å². The molecule has 8 heteroatoms. The first-order chi connectivity index (χ1) is 12.3. The molecular weight excluding hydrogens is 342 g/mol. The van der Waals surface area contributed by atoms with Crippen molar-refractivity contribution < 1.29 is 18.7 Å². The van der Waals surface area contributed by atoms with Crippen molar-refractivity contribution >= 4 is 22.4 Å². The van der Waals surface area contributed by atoms with Gasteiger partial charge >= 0.3 is 0 Å². The summed E-state index contributed by atoms with van der Waals surface area (Å²) >= 11 is 1.33. The largest absolute Gasteiger partial charge is 0.472 e. The molecule has 0 aromatic carbocycles. The Morgan fingerprint density at radius 2 is 2.36 bits per heavy atom. The minimum Gasteiger partial charge on any atom is -0.472 e. The van der Waals surface area contributed by atoms with Crippen LogP contribution in [0.15, 0.2) is 46.5 Å². The van der Waals surface area contributed by atoms with Crippen LogP contribution in [0.5, 0.6) is 5.88 Å². The van der Waals surface area contributed by atoms with Crippen LogP contribution in [0, 0.1) is 0 Å². The fourth-order valence-electron chi connectivity index (χ4n) is 2.43. The summed E-state index contributed by atoms with van der Waals surface area (Å²) in [7, 11) is 0. The summed E-state index contributed by atoms with van der Waals surface area (Å²) in [6.45, 7) is 1.24. The first-order valence-corrected chi connectivity index (χ1v) is 8.67. The van der Waals surface area contributed by atoms with E-state index in [-0.39, 0.29) is 12.0 Å². The zero-order valence-corrected chi connectivity index (χ0v) is 14.0. The second-order valence-corrected chi connectivity index (χ2v) is 6.31. The van der Waals surface area contributed by atoms with Crippen molar-refractivity contribution in [2.45, 2.75) is 12.5 Å². The molecule has 0 radical (unpaired) electrons. The number of anilines is 1. The number of carbonyl (C=O) groups excluding carboxylic acids is 1. The van der Waals surface area contributed by atoms with Crippen LogP contribution in [-0.4, -0.2) is 35.2 Å². The number of pyridine rings is 1. The van der Waals surface area contributed by atoms with Crippen molar-refractivity contribution in [1.82, 2.24) is 9.97 Å². The second kappa shape index (κ2) is 7.04. The number of thiazole rings is 1. The number of amides is 1. The summed E-state index contributed by atoms with van der Waals surface area (Å²) in [5, 5.41) is 5.11. The number of carbonyl (C=O) groups is 1. The van der Waals surface area contributed by atoms with E-state index in [9.17, 15) is 4.79 Å². The normalized spacial score (nSPS) is 16.7. The zero-order valence-electron chi connectivity index (χ0n) is 13.2. The first kappa shape index (κ1) is 15.8. The number of hydrogen-bond acceptors (Lipinski definition) is 7. The minimum absolute atomic E-state index is 0.0133. The number of aromatic nitrogens is 2. The SMILES string of the molecule is O=C(Nc1nc(-c2ccco2)cs1)c1ccnc(O[C@H]2CCOC2)c1. The Labute approximate surface area is 147 Å². The van der Waals surface area contributed by atoms with Crippen molar-refractivity contribution in [3.05, 3.63) is 47.7 Å².